The molecule has 0 saturated carbocycles. The first-order chi connectivity index (χ1) is 14.1. The first-order valence-electron chi connectivity index (χ1n) is 9.53. The van der Waals surface area contributed by atoms with E-state index in [-0.39, 0.29) is 5.91 Å². The van der Waals surface area contributed by atoms with Crippen LogP contribution in [0.3, 0.4) is 0 Å². The molecule has 152 valence electrons. The minimum atomic E-state index is -0.233. The molecule has 7 heteroatoms. The number of benzene rings is 2. The van der Waals surface area contributed by atoms with Crippen LogP contribution in [-0.4, -0.2) is 31.1 Å². The fourth-order valence-corrected chi connectivity index (χ4v) is 3.25. The largest absolute Gasteiger partial charge is 0.497 e. The Morgan fingerprint density at radius 3 is 2.76 bits per heavy atom. The third kappa shape index (κ3) is 5.46. The van der Waals surface area contributed by atoms with Crippen molar-refractivity contribution < 1.29 is 13.9 Å². The summed E-state index contributed by atoms with van der Waals surface area (Å²) in [6, 6.07) is 11.0. The van der Waals surface area contributed by atoms with Crippen molar-refractivity contribution in [3.05, 3.63) is 58.7 Å². The van der Waals surface area contributed by atoms with Crippen LogP contribution in [0.2, 0.25) is 0 Å². The lowest BCUT2D eigenvalue weighted by molar-refractivity contribution is 0.0971. The highest BCUT2D eigenvalue weighted by Gasteiger charge is 2.17. The zero-order valence-corrected chi connectivity index (χ0v) is 18.1. The van der Waals surface area contributed by atoms with Gasteiger partial charge in [0.05, 0.1) is 12.7 Å². The van der Waals surface area contributed by atoms with Crippen LogP contribution in [0, 0.1) is 0 Å². The van der Waals surface area contributed by atoms with E-state index in [0.29, 0.717) is 22.6 Å². The van der Waals surface area contributed by atoms with Crippen LogP contribution in [0.1, 0.15) is 30.1 Å². The molecule has 2 N–H and O–H groups in total. The van der Waals surface area contributed by atoms with Gasteiger partial charge in [0.15, 0.2) is 5.58 Å². The Morgan fingerprint density at radius 1 is 1.24 bits per heavy atom. The minimum Gasteiger partial charge on any atom is -0.497 e. The molecular weight excluding hydrogens is 434 g/mol. The fourth-order valence-electron chi connectivity index (χ4n) is 2.81. The Bertz CT molecular complexity index is 996. The van der Waals surface area contributed by atoms with Gasteiger partial charge in [-0.15, -0.1) is 0 Å². The van der Waals surface area contributed by atoms with Gasteiger partial charge in [-0.25, -0.2) is 4.98 Å². The molecule has 0 aliphatic rings. The molecule has 0 spiro atoms. The summed E-state index contributed by atoms with van der Waals surface area (Å²) in [6.07, 6.45) is 5.56. The number of nitrogens with one attached hydrogen (secondary N) is 2. The lowest BCUT2D eigenvalue weighted by Gasteiger charge is -2.02. The standard InChI is InChI=1S/C22H24BrN3O3/c1-3-10-24-11-4-5-12-25-21(27)18-13-16(23)14-19-20(18)26-22(29-19)15-6-8-17(28-2)9-7-15/h5-9,12-14,24H,3-4,10-11H2,1-2H3,(H,25,27). The number of rotatable bonds is 9. The predicted octanol–water partition coefficient (Wildman–Crippen LogP) is 4.90. The molecule has 0 saturated heterocycles. The third-order valence-electron chi connectivity index (χ3n) is 4.29. The van der Waals surface area contributed by atoms with Crippen molar-refractivity contribution in [1.82, 2.24) is 15.6 Å². The van der Waals surface area contributed by atoms with Crippen molar-refractivity contribution >= 4 is 32.9 Å². The SMILES string of the molecule is CCCNCCC=CNC(=O)c1cc(Br)cc2oc(-c3ccc(OC)cc3)nc12. The van der Waals surface area contributed by atoms with Gasteiger partial charge >= 0.3 is 0 Å². The second kappa shape index (κ2) is 10.2. The van der Waals surface area contributed by atoms with E-state index >= 15 is 0 Å². The average molecular weight is 458 g/mol. The maximum absolute atomic E-state index is 12.7. The Balaban J connectivity index is 1.77. The Morgan fingerprint density at radius 2 is 2.03 bits per heavy atom. The summed E-state index contributed by atoms with van der Waals surface area (Å²) in [5, 5.41) is 6.12. The molecule has 0 unspecified atom stereocenters. The number of carbonyl (C=O) groups excluding carboxylic acids is 1. The molecule has 6 nitrogen and oxygen atoms in total. The van der Waals surface area contributed by atoms with Crippen LogP contribution < -0.4 is 15.4 Å². The second-order valence-corrected chi connectivity index (χ2v) is 7.38. The number of ether oxygens (including phenoxy) is 1. The summed E-state index contributed by atoms with van der Waals surface area (Å²) in [6.45, 7) is 4.01. The van der Waals surface area contributed by atoms with Crippen molar-refractivity contribution in [2.24, 2.45) is 0 Å². The normalized spacial score (nSPS) is 11.3. The molecule has 29 heavy (non-hydrogen) atoms. The predicted molar refractivity (Wildman–Crippen MR) is 118 cm³/mol. The van der Waals surface area contributed by atoms with Gasteiger partial charge < -0.3 is 19.8 Å². The zero-order chi connectivity index (χ0) is 20.6. The fraction of sp³-hybridized carbons (Fsp3) is 0.273. The monoisotopic (exact) mass is 457 g/mol. The lowest BCUT2D eigenvalue weighted by Crippen LogP contribution is -2.18. The molecule has 0 aliphatic heterocycles. The zero-order valence-electron chi connectivity index (χ0n) is 16.5. The van der Waals surface area contributed by atoms with E-state index in [0.717, 1.165) is 41.7 Å². The Hall–Kier alpha value is -2.64. The number of fused-ring (bicyclic) bond motifs is 1. The summed E-state index contributed by atoms with van der Waals surface area (Å²) >= 11 is 3.44. The maximum Gasteiger partial charge on any atom is 0.257 e. The molecule has 0 aliphatic carbocycles. The van der Waals surface area contributed by atoms with Gasteiger partial charge in [0.1, 0.15) is 11.3 Å². The van der Waals surface area contributed by atoms with Crippen LogP contribution in [0.15, 0.2) is 57.6 Å². The topological polar surface area (TPSA) is 76.4 Å². The molecule has 0 bridgehead atoms. The van der Waals surface area contributed by atoms with Gasteiger partial charge in [-0.1, -0.05) is 28.9 Å². The van der Waals surface area contributed by atoms with E-state index in [1.807, 2.05) is 30.3 Å². The van der Waals surface area contributed by atoms with Crippen LogP contribution in [0.25, 0.3) is 22.6 Å². The highest BCUT2D eigenvalue weighted by Crippen LogP contribution is 2.30. The van der Waals surface area contributed by atoms with Crippen molar-refractivity contribution in [2.45, 2.75) is 19.8 Å². The van der Waals surface area contributed by atoms with E-state index in [2.05, 4.69) is 38.5 Å². The van der Waals surface area contributed by atoms with E-state index in [9.17, 15) is 4.79 Å². The first-order valence-corrected chi connectivity index (χ1v) is 10.3. The van der Waals surface area contributed by atoms with E-state index < -0.39 is 0 Å². The number of hydrogen-bond donors (Lipinski definition) is 2. The van der Waals surface area contributed by atoms with Crippen molar-refractivity contribution in [3.8, 4) is 17.2 Å². The van der Waals surface area contributed by atoms with Gasteiger partial charge in [-0.05, 0) is 62.3 Å². The number of halogens is 1. The summed E-state index contributed by atoms with van der Waals surface area (Å²) in [5.74, 6) is 0.973. The van der Waals surface area contributed by atoms with Gasteiger partial charge in [-0.3, -0.25) is 4.79 Å². The van der Waals surface area contributed by atoms with Crippen LogP contribution >= 0.6 is 15.9 Å². The molecule has 0 atom stereocenters. The number of aromatic nitrogens is 1. The van der Waals surface area contributed by atoms with Crippen LogP contribution in [-0.2, 0) is 0 Å². The quantitative estimate of drug-likeness (QED) is 0.446. The first kappa shape index (κ1) is 21.1. The number of carbonyl (C=O) groups is 1. The van der Waals surface area contributed by atoms with E-state index in [1.54, 1.807) is 25.4 Å². The number of amides is 1. The molecule has 0 radical (unpaired) electrons. The third-order valence-corrected chi connectivity index (χ3v) is 4.75. The smallest absolute Gasteiger partial charge is 0.257 e. The van der Waals surface area contributed by atoms with E-state index in [4.69, 9.17) is 9.15 Å². The second-order valence-electron chi connectivity index (χ2n) is 6.46. The number of nitrogens with zero attached hydrogens (tertiary/aromatic N) is 1. The van der Waals surface area contributed by atoms with Gasteiger partial charge in [0.25, 0.3) is 5.91 Å². The van der Waals surface area contributed by atoms with Gasteiger partial charge in [-0.2, -0.15) is 0 Å². The van der Waals surface area contributed by atoms with Gasteiger partial charge in [0, 0.05) is 16.2 Å². The maximum atomic E-state index is 12.7. The van der Waals surface area contributed by atoms with Crippen LogP contribution in [0.4, 0.5) is 0 Å². The average Bonchev–Trinajstić information content (AvgIpc) is 3.16. The molecule has 1 amide bonds. The highest BCUT2D eigenvalue weighted by molar-refractivity contribution is 9.10. The number of oxazole rings is 1. The molecule has 0 fully saturated rings. The Labute approximate surface area is 178 Å². The molecular formula is C22H24BrN3O3. The lowest BCUT2D eigenvalue weighted by atomic mass is 10.2. The van der Waals surface area contributed by atoms with Crippen molar-refractivity contribution in [2.75, 3.05) is 20.2 Å². The van der Waals surface area contributed by atoms with Crippen molar-refractivity contribution in [1.29, 1.82) is 0 Å². The summed E-state index contributed by atoms with van der Waals surface area (Å²) in [4.78, 5) is 17.2. The molecule has 1 heterocycles. The minimum absolute atomic E-state index is 0.233. The molecule has 3 aromatic rings. The van der Waals surface area contributed by atoms with Crippen LogP contribution in [0.5, 0.6) is 5.75 Å². The summed E-state index contributed by atoms with van der Waals surface area (Å²) in [7, 11) is 1.62. The van der Waals surface area contributed by atoms with E-state index in [1.165, 1.54) is 0 Å². The van der Waals surface area contributed by atoms with Crippen molar-refractivity contribution in [3.63, 3.8) is 0 Å². The highest BCUT2D eigenvalue weighted by atomic mass is 79.9. The summed E-state index contributed by atoms with van der Waals surface area (Å²) in [5.41, 5.74) is 2.33. The summed E-state index contributed by atoms with van der Waals surface area (Å²) < 4.78 is 11.8. The molecule has 1 aromatic heterocycles. The Kier molecular flexibility index (Phi) is 7.43. The molecule has 3 rings (SSSR count). The number of methoxy groups -OCH3 is 1. The van der Waals surface area contributed by atoms with Gasteiger partial charge in [0.2, 0.25) is 5.89 Å². The molecule has 2 aromatic carbocycles. The number of hydrogen-bond acceptors (Lipinski definition) is 5.